The highest BCUT2D eigenvalue weighted by atomic mass is 35.5. The van der Waals surface area contributed by atoms with Gasteiger partial charge < -0.3 is 29.9 Å². The third-order valence-electron chi connectivity index (χ3n) is 8.89. The number of ether oxygens (including phenoxy) is 2. The molecule has 2 aliphatic rings. The number of benzene rings is 4. The molecular formula is C40H38Cl2N4O6. The van der Waals surface area contributed by atoms with Crippen LogP contribution in [0.5, 0.6) is 11.5 Å². The zero-order valence-corrected chi connectivity index (χ0v) is 29.8. The van der Waals surface area contributed by atoms with Crippen LogP contribution in [0.3, 0.4) is 0 Å². The van der Waals surface area contributed by atoms with E-state index in [4.69, 9.17) is 32.7 Å². The minimum Gasteiger partial charge on any atom is -0.484 e. The summed E-state index contributed by atoms with van der Waals surface area (Å²) in [7, 11) is 0. The highest BCUT2D eigenvalue weighted by molar-refractivity contribution is 6.31. The number of carbonyl (C=O) groups is 4. The van der Waals surface area contributed by atoms with Gasteiger partial charge in [-0.25, -0.2) is 0 Å². The Morgan fingerprint density at radius 3 is 1.40 bits per heavy atom. The number of anilines is 2. The van der Waals surface area contributed by atoms with Gasteiger partial charge in [0.25, 0.3) is 11.8 Å². The number of hydrogen-bond donors (Lipinski definition) is 2. The number of nitrogens with zero attached hydrogens (tertiary/aromatic N) is 2. The molecule has 268 valence electrons. The highest BCUT2D eigenvalue weighted by Crippen LogP contribution is 2.24. The van der Waals surface area contributed by atoms with Crippen molar-refractivity contribution in [1.82, 2.24) is 9.80 Å². The fraction of sp³-hybridized carbons (Fsp3) is 0.250. The number of halogens is 2. The van der Waals surface area contributed by atoms with Crippen LogP contribution in [-0.2, 0) is 19.2 Å². The van der Waals surface area contributed by atoms with E-state index in [0.717, 1.165) is 24.0 Å². The Morgan fingerprint density at radius 1 is 0.615 bits per heavy atom. The molecule has 4 aromatic carbocycles. The van der Waals surface area contributed by atoms with Crippen molar-refractivity contribution < 1.29 is 28.7 Å². The second-order valence-corrected chi connectivity index (χ2v) is 13.4. The van der Waals surface area contributed by atoms with E-state index in [1.54, 1.807) is 58.3 Å². The number of rotatable bonds is 12. The molecule has 52 heavy (non-hydrogen) atoms. The minimum atomic E-state index is -0.567. The maximum Gasteiger partial charge on any atom is 0.261 e. The van der Waals surface area contributed by atoms with Gasteiger partial charge in [-0.1, -0.05) is 71.8 Å². The molecule has 2 atom stereocenters. The lowest BCUT2D eigenvalue weighted by atomic mass is 10.1. The van der Waals surface area contributed by atoms with Crippen molar-refractivity contribution in [3.05, 3.63) is 118 Å². The summed E-state index contributed by atoms with van der Waals surface area (Å²) >= 11 is 12.0. The van der Waals surface area contributed by atoms with Crippen LogP contribution in [-0.4, -0.2) is 71.8 Å². The molecule has 0 aromatic heterocycles. The summed E-state index contributed by atoms with van der Waals surface area (Å²) in [6.07, 6.45) is 6.53. The van der Waals surface area contributed by atoms with E-state index in [-0.39, 0.29) is 36.8 Å². The fourth-order valence-electron chi connectivity index (χ4n) is 6.24. The lowest BCUT2D eigenvalue weighted by Gasteiger charge is -2.24. The average Bonchev–Trinajstić information content (AvgIpc) is 3.85. The van der Waals surface area contributed by atoms with Gasteiger partial charge in [0, 0.05) is 34.5 Å². The monoisotopic (exact) mass is 740 g/mol. The molecule has 2 heterocycles. The minimum absolute atomic E-state index is 0.174. The van der Waals surface area contributed by atoms with Gasteiger partial charge in [0.1, 0.15) is 23.6 Å². The summed E-state index contributed by atoms with van der Waals surface area (Å²) in [4.78, 5) is 55.1. The lowest BCUT2D eigenvalue weighted by molar-refractivity contribution is -0.138. The number of likely N-dealkylation sites (tertiary alicyclic amines) is 2. The van der Waals surface area contributed by atoms with Gasteiger partial charge in [0.2, 0.25) is 11.8 Å². The number of hydrogen-bond acceptors (Lipinski definition) is 6. The summed E-state index contributed by atoms with van der Waals surface area (Å²) in [6, 6.07) is 27.4. The summed E-state index contributed by atoms with van der Waals surface area (Å²) in [6.45, 7) is 0.643. The normalized spacial score (nSPS) is 16.9. The third kappa shape index (κ3) is 9.71. The van der Waals surface area contributed by atoms with Crippen molar-refractivity contribution in [1.29, 1.82) is 0 Å². The Hall–Kier alpha value is -5.32. The Morgan fingerprint density at radius 2 is 1.02 bits per heavy atom. The van der Waals surface area contributed by atoms with Gasteiger partial charge in [0.05, 0.1) is 0 Å². The second kappa shape index (κ2) is 17.3. The Labute approximate surface area is 312 Å². The highest BCUT2D eigenvalue weighted by Gasteiger charge is 2.35. The Kier molecular flexibility index (Phi) is 12.1. The fourth-order valence-corrected chi connectivity index (χ4v) is 6.60. The standard InChI is InChI=1S/C40H38Cl2N4O6/c41-29-5-1-7-33(23-29)51-25-37(47)45-21-3-9-35(45)39(49)43-31-17-13-27(14-18-31)11-12-28-15-19-32(20-16-28)44-40(50)36-10-4-22-46(36)38(48)26-52-34-8-2-6-30(42)24-34/h1-2,5-8,11-20,23-24,35-36H,3-4,9-10,21-22,25-26H2,(H,43,49)(H,44,50)/t35-,36-/m0/s1. The molecule has 2 N–H and O–H groups in total. The Balaban J connectivity index is 0.960. The van der Waals surface area contributed by atoms with E-state index in [1.165, 1.54) is 0 Å². The van der Waals surface area contributed by atoms with Gasteiger partial charge in [-0.3, -0.25) is 19.2 Å². The number of amides is 4. The molecule has 0 radical (unpaired) electrons. The second-order valence-electron chi connectivity index (χ2n) is 12.5. The largest absolute Gasteiger partial charge is 0.484 e. The molecule has 0 spiro atoms. The SMILES string of the molecule is O=C(Nc1ccc(C=Cc2ccc(NC(=O)[C@@H]3CCCN3C(=O)COc3cccc(Cl)c3)cc2)cc1)[C@@H]1CCCN1C(=O)COc1cccc(Cl)c1. The van der Waals surface area contributed by atoms with Crippen molar-refractivity contribution in [2.45, 2.75) is 37.8 Å². The molecule has 2 saturated heterocycles. The van der Waals surface area contributed by atoms with Crippen LogP contribution in [0.4, 0.5) is 11.4 Å². The lowest BCUT2D eigenvalue weighted by Crippen LogP contribution is -2.45. The zero-order valence-electron chi connectivity index (χ0n) is 28.3. The van der Waals surface area contributed by atoms with E-state index in [2.05, 4.69) is 10.6 Å². The zero-order chi connectivity index (χ0) is 36.5. The van der Waals surface area contributed by atoms with Crippen molar-refractivity contribution in [3.63, 3.8) is 0 Å². The molecule has 12 heteroatoms. The molecule has 4 aromatic rings. The number of nitrogens with one attached hydrogen (secondary N) is 2. The van der Waals surface area contributed by atoms with Gasteiger partial charge in [-0.05, 0) is 97.5 Å². The maximum absolute atomic E-state index is 13.1. The molecule has 0 saturated carbocycles. The van der Waals surface area contributed by atoms with Crippen molar-refractivity contribution in [2.75, 3.05) is 36.9 Å². The first-order chi connectivity index (χ1) is 25.2. The van der Waals surface area contributed by atoms with Crippen LogP contribution >= 0.6 is 23.2 Å². The first-order valence-electron chi connectivity index (χ1n) is 17.1. The van der Waals surface area contributed by atoms with Crippen molar-refractivity contribution in [2.24, 2.45) is 0 Å². The quantitative estimate of drug-likeness (QED) is 0.149. The van der Waals surface area contributed by atoms with Gasteiger partial charge >= 0.3 is 0 Å². The van der Waals surface area contributed by atoms with E-state index >= 15 is 0 Å². The molecule has 0 bridgehead atoms. The number of carbonyl (C=O) groups excluding carboxylic acids is 4. The first kappa shape index (κ1) is 36.5. The molecule has 2 aliphatic heterocycles. The molecule has 4 amide bonds. The van der Waals surface area contributed by atoms with E-state index in [9.17, 15) is 19.2 Å². The summed E-state index contributed by atoms with van der Waals surface area (Å²) in [5, 5.41) is 6.90. The topological polar surface area (TPSA) is 117 Å². The molecular weight excluding hydrogens is 703 g/mol. The average molecular weight is 742 g/mol. The maximum atomic E-state index is 13.1. The van der Waals surface area contributed by atoms with Crippen LogP contribution in [0.15, 0.2) is 97.1 Å². The van der Waals surface area contributed by atoms with Gasteiger partial charge in [-0.2, -0.15) is 0 Å². The predicted octanol–water partition coefficient (Wildman–Crippen LogP) is 7.18. The van der Waals surface area contributed by atoms with Gasteiger partial charge in [-0.15, -0.1) is 0 Å². The smallest absolute Gasteiger partial charge is 0.261 e. The van der Waals surface area contributed by atoms with Crippen LogP contribution in [0.25, 0.3) is 12.2 Å². The molecule has 0 unspecified atom stereocenters. The van der Waals surface area contributed by atoms with E-state index in [0.29, 0.717) is 58.9 Å². The van der Waals surface area contributed by atoms with Crippen LogP contribution < -0.4 is 20.1 Å². The molecule has 6 rings (SSSR count). The van der Waals surface area contributed by atoms with Gasteiger partial charge in [0.15, 0.2) is 13.2 Å². The van der Waals surface area contributed by atoms with Crippen molar-refractivity contribution >= 4 is 70.4 Å². The summed E-state index contributed by atoms with van der Waals surface area (Å²) in [5.41, 5.74) is 3.12. The van der Waals surface area contributed by atoms with E-state index in [1.807, 2.05) is 60.7 Å². The third-order valence-corrected chi connectivity index (χ3v) is 9.36. The van der Waals surface area contributed by atoms with E-state index < -0.39 is 12.1 Å². The molecule has 0 aliphatic carbocycles. The van der Waals surface area contributed by atoms with Crippen LogP contribution in [0, 0.1) is 0 Å². The van der Waals surface area contributed by atoms with Crippen LogP contribution in [0.2, 0.25) is 10.0 Å². The first-order valence-corrected chi connectivity index (χ1v) is 17.8. The Bertz CT molecular complexity index is 1800. The van der Waals surface area contributed by atoms with Crippen LogP contribution in [0.1, 0.15) is 36.8 Å². The molecule has 10 nitrogen and oxygen atoms in total. The summed E-state index contributed by atoms with van der Waals surface area (Å²) < 4.78 is 11.2. The predicted molar refractivity (Wildman–Crippen MR) is 202 cm³/mol. The summed E-state index contributed by atoms with van der Waals surface area (Å²) in [5.74, 6) is 0.0153. The molecule has 2 fully saturated rings. The van der Waals surface area contributed by atoms with Crippen molar-refractivity contribution in [3.8, 4) is 11.5 Å².